The van der Waals surface area contributed by atoms with Gasteiger partial charge in [0.1, 0.15) is 0 Å². The Balaban J connectivity index is 1.91. The third-order valence-electron chi connectivity index (χ3n) is 3.13. The van der Waals surface area contributed by atoms with E-state index in [1.807, 2.05) is 12.1 Å². The topological polar surface area (TPSA) is 49.8 Å². The van der Waals surface area contributed by atoms with Crippen molar-refractivity contribution < 1.29 is 14.6 Å². The molecule has 0 unspecified atom stereocenters. The minimum absolute atomic E-state index is 0.195. The van der Waals surface area contributed by atoms with Crippen molar-refractivity contribution in [2.75, 3.05) is 26.3 Å². The average molecular weight is 249 g/mol. The number of carboxylic acid groups (broad SMARTS) is 1. The summed E-state index contributed by atoms with van der Waals surface area (Å²) < 4.78 is 5.32. The van der Waals surface area contributed by atoms with Crippen LogP contribution in [0.25, 0.3) is 0 Å². The Hall–Kier alpha value is -1.39. The van der Waals surface area contributed by atoms with Crippen molar-refractivity contribution in [2.45, 2.75) is 19.4 Å². The molecule has 4 heteroatoms. The third kappa shape index (κ3) is 4.13. The Labute approximate surface area is 107 Å². The summed E-state index contributed by atoms with van der Waals surface area (Å²) in [6, 6.07) is 8.21. The maximum atomic E-state index is 10.6. The van der Waals surface area contributed by atoms with Crippen molar-refractivity contribution in [3.8, 4) is 0 Å². The summed E-state index contributed by atoms with van der Waals surface area (Å²) in [6.45, 7) is 4.47. The van der Waals surface area contributed by atoms with Gasteiger partial charge in [-0.05, 0) is 17.5 Å². The van der Waals surface area contributed by atoms with Crippen LogP contribution in [0.15, 0.2) is 24.3 Å². The fraction of sp³-hybridized carbons (Fsp3) is 0.500. The fourth-order valence-corrected chi connectivity index (χ4v) is 2.15. The number of carbonyl (C=O) groups is 1. The molecule has 0 radical (unpaired) electrons. The number of hydrogen-bond donors (Lipinski definition) is 1. The highest BCUT2D eigenvalue weighted by Crippen LogP contribution is 2.11. The molecule has 4 nitrogen and oxygen atoms in total. The predicted molar refractivity (Wildman–Crippen MR) is 68.5 cm³/mol. The molecule has 1 aliphatic heterocycles. The molecule has 0 aromatic heterocycles. The van der Waals surface area contributed by atoms with Crippen molar-refractivity contribution in [3.63, 3.8) is 0 Å². The summed E-state index contributed by atoms with van der Waals surface area (Å²) in [5, 5.41) is 8.68. The van der Waals surface area contributed by atoms with E-state index in [1.165, 1.54) is 5.56 Å². The van der Waals surface area contributed by atoms with Crippen LogP contribution >= 0.6 is 0 Å². The molecule has 0 atom stereocenters. The normalized spacial score (nSPS) is 16.7. The van der Waals surface area contributed by atoms with Gasteiger partial charge in [-0.2, -0.15) is 0 Å². The van der Waals surface area contributed by atoms with Gasteiger partial charge >= 0.3 is 5.97 Å². The summed E-state index contributed by atoms with van der Waals surface area (Å²) in [5.41, 5.74) is 2.35. The lowest BCUT2D eigenvalue weighted by Crippen LogP contribution is -2.35. The van der Waals surface area contributed by atoms with E-state index in [4.69, 9.17) is 9.84 Å². The Bertz CT molecular complexity index is 400. The van der Waals surface area contributed by atoms with Crippen molar-refractivity contribution in [1.29, 1.82) is 0 Å². The molecule has 1 heterocycles. The molecule has 0 bridgehead atoms. The first-order valence-corrected chi connectivity index (χ1v) is 6.34. The highest BCUT2D eigenvalue weighted by molar-refractivity contribution is 5.67. The lowest BCUT2D eigenvalue weighted by atomic mass is 10.1. The van der Waals surface area contributed by atoms with E-state index in [0.717, 1.165) is 38.4 Å². The second kappa shape index (κ2) is 6.52. The number of rotatable bonds is 5. The Morgan fingerprint density at radius 3 is 2.72 bits per heavy atom. The first kappa shape index (κ1) is 13.1. The molecule has 1 aliphatic rings. The monoisotopic (exact) mass is 249 g/mol. The van der Waals surface area contributed by atoms with Crippen molar-refractivity contribution in [3.05, 3.63) is 35.4 Å². The highest BCUT2D eigenvalue weighted by Gasteiger charge is 2.10. The minimum atomic E-state index is -0.742. The Morgan fingerprint density at radius 1 is 1.28 bits per heavy atom. The van der Waals surface area contributed by atoms with E-state index < -0.39 is 5.97 Å². The van der Waals surface area contributed by atoms with Gasteiger partial charge in [0.05, 0.1) is 13.2 Å². The van der Waals surface area contributed by atoms with Crippen LogP contribution in [0.2, 0.25) is 0 Å². The van der Waals surface area contributed by atoms with Gasteiger partial charge in [-0.1, -0.05) is 24.3 Å². The van der Waals surface area contributed by atoms with Gasteiger partial charge in [0.25, 0.3) is 0 Å². The zero-order valence-corrected chi connectivity index (χ0v) is 10.5. The predicted octanol–water partition coefficient (Wildman–Crippen LogP) is 1.54. The van der Waals surface area contributed by atoms with E-state index in [-0.39, 0.29) is 6.42 Å². The van der Waals surface area contributed by atoms with Gasteiger partial charge < -0.3 is 9.84 Å². The molecule has 98 valence electrons. The van der Waals surface area contributed by atoms with E-state index in [0.29, 0.717) is 6.42 Å². The van der Waals surface area contributed by atoms with Crippen LogP contribution in [-0.2, 0) is 22.5 Å². The largest absolute Gasteiger partial charge is 0.481 e. The number of aliphatic carboxylic acids is 1. The molecule has 1 N–H and O–H groups in total. The van der Waals surface area contributed by atoms with Crippen LogP contribution < -0.4 is 0 Å². The second-order valence-electron chi connectivity index (χ2n) is 4.60. The molecule has 0 aliphatic carbocycles. The lowest BCUT2D eigenvalue weighted by Gasteiger charge is -2.26. The van der Waals surface area contributed by atoms with E-state index in [1.54, 1.807) is 0 Å². The zero-order chi connectivity index (χ0) is 12.8. The molecule has 0 spiro atoms. The average Bonchev–Trinajstić information content (AvgIpc) is 2.38. The van der Waals surface area contributed by atoms with Gasteiger partial charge in [0, 0.05) is 26.1 Å². The SMILES string of the molecule is O=C(O)CCc1cccc(CN2CCOCC2)c1. The molecular weight excluding hydrogens is 230 g/mol. The summed E-state index contributed by atoms with van der Waals surface area (Å²) >= 11 is 0. The number of ether oxygens (including phenoxy) is 1. The minimum Gasteiger partial charge on any atom is -0.481 e. The van der Waals surface area contributed by atoms with Crippen molar-refractivity contribution in [1.82, 2.24) is 4.90 Å². The summed E-state index contributed by atoms with van der Waals surface area (Å²) in [7, 11) is 0. The van der Waals surface area contributed by atoms with Gasteiger partial charge in [0.15, 0.2) is 0 Å². The molecule has 0 amide bonds. The maximum Gasteiger partial charge on any atom is 0.303 e. The first-order chi connectivity index (χ1) is 8.74. The molecule has 1 fully saturated rings. The molecule has 18 heavy (non-hydrogen) atoms. The second-order valence-corrected chi connectivity index (χ2v) is 4.60. The van der Waals surface area contributed by atoms with Crippen molar-refractivity contribution >= 4 is 5.97 Å². The smallest absolute Gasteiger partial charge is 0.303 e. The summed E-state index contributed by atoms with van der Waals surface area (Å²) in [5.74, 6) is -0.742. The molecule has 1 saturated heterocycles. The molecule has 0 saturated carbocycles. The van der Waals surface area contributed by atoms with E-state index in [2.05, 4.69) is 17.0 Å². The highest BCUT2D eigenvalue weighted by atomic mass is 16.5. The number of aryl methyl sites for hydroxylation is 1. The summed E-state index contributed by atoms with van der Waals surface area (Å²) in [4.78, 5) is 12.9. The molecular formula is C14H19NO3. The van der Waals surface area contributed by atoms with Gasteiger partial charge in [0.2, 0.25) is 0 Å². The molecule has 1 aromatic rings. The molecule has 1 aromatic carbocycles. The number of benzene rings is 1. The van der Waals surface area contributed by atoms with Gasteiger partial charge in [-0.3, -0.25) is 9.69 Å². The van der Waals surface area contributed by atoms with E-state index >= 15 is 0 Å². The number of nitrogens with zero attached hydrogens (tertiary/aromatic N) is 1. The first-order valence-electron chi connectivity index (χ1n) is 6.34. The van der Waals surface area contributed by atoms with Crippen LogP contribution in [-0.4, -0.2) is 42.3 Å². The van der Waals surface area contributed by atoms with Crippen LogP contribution in [0.4, 0.5) is 0 Å². The van der Waals surface area contributed by atoms with E-state index in [9.17, 15) is 4.79 Å². The van der Waals surface area contributed by atoms with Gasteiger partial charge in [-0.15, -0.1) is 0 Å². The fourth-order valence-electron chi connectivity index (χ4n) is 2.15. The maximum absolute atomic E-state index is 10.6. The van der Waals surface area contributed by atoms with Crippen LogP contribution in [0.1, 0.15) is 17.5 Å². The molecule has 2 rings (SSSR count). The van der Waals surface area contributed by atoms with Crippen molar-refractivity contribution in [2.24, 2.45) is 0 Å². The van der Waals surface area contributed by atoms with Crippen LogP contribution in [0.3, 0.4) is 0 Å². The third-order valence-corrected chi connectivity index (χ3v) is 3.13. The Kier molecular flexibility index (Phi) is 4.73. The lowest BCUT2D eigenvalue weighted by molar-refractivity contribution is -0.136. The van der Waals surface area contributed by atoms with Crippen LogP contribution in [0.5, 0.6) is 0 Å². The summed E-state index contributed by atoms with van der Waals surface area (Å²) in [6.07, 6.45) is 0.799. The van der Waals surface area contributed by atoms with Gasteiger partial charge in [-0.25, -0.2) is 0 Å². The quantitative estimate of drug-likeness (QED) is 0.860. The number of morpholine rings is 1. The number of carboxylic acids is 1. The Morgan fingerprint density at radius 2 is 2.00 bits per heavy atom. The van der Waals surface area contributed by atoms with Crippen LogP contribution in [0, 0.1) is 0 Å². The number of hydrogen-bond acceptors (Lipinski definition) is 3. The zero-order valence-electron chi connectivity index (χ0n) is 10.5. The standard InChI is InChI=1S/C14H19NO3/c16-14(17)5-4-12-2-1-3-13(10-12)11-15-6-8-18-9-7-15/h1-3,10H,4-9,11H2,(H,16,17).